The van der Waals surface area contributed by atoms with E-state index in [9.17, 15) is 0 Å². The van der Waals surface area contributed by atoms with Crippen molar-refractivity contribution in [3.63, 3.8) is 0 Å². The van der Waals surface area contributed by atoms with Gasteiger partial charge >= 0.3 is 0 Å². The van der Waals surface area contributed by atoms with Crippen molar-refractivity contribution >= 4 is 0 Å². The molecule has 0 heterocycles. The lowest BCUT2D eigenvalue weighted by atomic mass is 9.77. The molecular weight excluding hydrogens is 246 g/mol. The summed E-state index contributed by atoms with van der Waals surface area (Å²) in [5.74, 6) is 2.68. The maximum atomic E-state index is 5.77. The third kappa shape index (κ3) is 3.99. The van der Waals surface area contributed by atoms with Crippen LogP contribution in [0.4, 0.5) is 0 Å². The summed E-state index contributed by atoms with van der Waals surface area (Å²) in [7, 11) is 2.09. The molecule has 1 aliphatic rings. The summed E-state index contributed by atoms with van der Waals surface area (Å²) in [6.45, 7) is 5.32. The van der Waals surface area contributed by atoms with Crippen LogP contribution in [0.25, 0.3) is 0 Å². The van der Waals surface area contributed by atoms with Crippen LogP contribution in [-0.4, -0.2) is 13.7 Å². The molecule has 1 saturated carbocycles. The fourth-order valence-corrected chi connectivity index (χ4v) is 3.31. The van der Waals surface area contributed by atoms with Gasteiger partial charge in [-0.3, -0.25) is 0 Å². The minimum absolute atomic E-state index is 0.465. The van der Waals surface area contributed by atoms with Gasteiger partial charge in [-0.05, 0) is 55.8 Å². The number of hydrogen-bond acceptors (Lipinski definition) is 2. The predicted molar refractivity (Wildman–Crippen MR) is 85.2 cm³/mol. The Bertz CT molecular complexity index is 396. The predicted octanol–water partition coefficient (Wildman–Crippen LogP) is 4.56. The molecule has 2 nitrogen and oxygen atoms in total. The molecule has 1 aromatic rings. The molecule has 0 amide bonds. The van der Waals surface area contributed by atoms with Gasteiger partial charge in [-0.2, -0.15) is 0 Å². The van der Waals surface area contributed by atoms with E-state index >= 15 is 0 Å². The van der Waals surface area contributed by atoms with Gasteiger partial charge in [0.2, 0.25) is 0 Å². The lowest BCUT2D eigenvalue weighted by Gasteiger charge is -2.33. The van der Waals surface area contributed by atoms with E-state index < -0.39 is 0 Å². The fourth-order valence-electron chi connectivity index (χ4n) is 3.31. The zero-order valence-corrected chi connectivity index (χ0v) is 13.2. The van der Waals surface area contributed by atoms with E-state index in [0.29, 0.717) is 6.04 Å². The van der Waals surface area contributed by atoms with Crippen LogP contribution in [0.3, 0.4) is 0 Å². The van der Waals surface area contributed by atoms with Gasteiger partial charge in [0.1, 0.15) is 5.75 Å². The molecule has 1 fully saturated rings. The first-order valence-corrected chi connectivity index (χ1v) is 8.14. The Morgan fingerprint density at radius 1 is 1.25 bits per heavy atom. The second-order valence-electron chi connectivity index (χ2n) is 6.21. The summed E-state index contributed by atoms with van der Waals surface area (Å²) in [6, 6.07) is 9.10. The zero-order chi connectivity index (χ0) is 14.4. The highest BCUT2D eigenvalue weighted by molar-refractivity contribution is 5.31. The smallest absolute Gasteiger partial charge is 0.119 e. The van der Waals surface area contributed by atoms with Gasteiger partial charge in [0.25, 0.3) is 0 Å². The van der Waals surface area contributed by atoms with Crippen LogP contribution in [0.1, 0.15) is 57.6 Å². The molecule has 0 radical (unpaired) electrons. The third-order valence-electron chi connectivity index (χ3n) is 4.53. The van der Waals surface area contributed by atoms with Gasteiger partial charge in [-0.15, -0.1) is 0 Å². The van der Waals surface area contributed by atoms with Crippen molar-refractivity contribution in [3.05, 3.63) is 29.8 Å². The van der Waals surface area contributed by atoms with E-state index in [0.717, 1.165) is 30.6 Å². The largest absolute Gasteiger partial charge is 0.494 e. The fraction of sp³-hybridized carbons (Fsp3) is 0.667. The molecule has 1 N–H and O–H groups in total. The van der Waals surface area contributed by atoms with E-state index in [1.807, 2.05) is 0 Å². The minimum Gasteiger partial charge on any atom is -0.494 e. The van der Waals surface area contributed by atoms with Crippen LogP contribution >= 0.6 is 0 Å². The molecule has 0 bridgehead atoms. The summed E-state index contributed by atoms with van der Waals surface area (Å²) in [4.78, 5) is 0. The highest BCUT2D eigenvalue weighted by atomic mass is 16.5. The van der Waals surface area contributed by atoms with E-state index in [-0.39, 0.29) is 0 Å². The van der Waals surface area contributed by atoms with Crippen molar-refractivity contribution in [1.82, 2.24) is 5.32 Å². The van der Waals surface area contributed by atoms with Gasteiger partial charge in [0.05, 0.1) is 6.61 Å². The maximum Gasteiger partial charge on any atom is 0.119 e. The van der Waals surface area contributed by atoms with Crippen LogP contribution in [-0.2, 0) is 0 Å². The Morgan fingerprint density at radius 2 is 2.00 bits per heavy atom. The number of benzene rings is 1. The Balaban J connectivity index is 2.06. The average molecular weight is 275 g/mol. The molecule has 2 rings (SSSR count). The summed E-state index contributed by atoms with van der Waals surface area (Å²) in [6.07, 6.45) is 6.48. The molecule has 0 aromatic heterocycles. The van der Waals surface area contributed by atoms with Crippen LogP contribution in [0.15, 0.2) is 24.3 Å². The molecule has 20 heavy (non-hydrogen) atoms. The van der Waals surface area contributed by atoms with Crippen molar-refractivity contribution in [2.75, 3.05) is 13.7 Å². The Labute approximate surface area is 123 Å². The van der Waals surface area contributed by atoms with Crippen molar-refractivity contribution in [3.8, 4) is 5.75 Å². The Kier molecular flexibility index (Phi) is 5.90. The highest BCUT2D eigenvalue weighted by Gasteiger charge is 2.26. The first-order chi connectivity index (χ1) is 9.74. The zero-order valence-electron chi connectivity index (χ0n) is 13.2. The Morgan fingerprint density at radius 3 is 2.65 bits per heavy atom. The third-order valence-corrected chi connectivity index (χ3v) is 4.53. The quantitative estimate of drug-likeness (QED) is 0.821. The van der Waals surface area contributed by atoms with Crippen LogP contribution in [0, 0.1) is 11.8 Å². The van der Waals surface area contributed by atoms with Gasteiger partial charge < -0.3 is 10.1 Å². The summed E-state index contributed by atoms with van der Waals surface area (Å²) in [5.41, 5.74) is 1.38. The molecule has 1 aliphatic carbocycles. The maximum absolute atomic E-state index is 5.77. The van der Waals surface area contributed by atoms with E-state index in [2.05, 4.69) is 50.5 Å². The first kappa shape index (κ1) is 15.4. The molecular formula is C18H29NO. The monoisotopic (exact) mass is 275 g/mol. The summed E-state index contributed by atoms with van der Waals surface area (Å²) >= 11 is 0. The van der Waals surface area contributed by atoms with Crippen LogP contribution < -0.4 is 10.1 Å². The highest BCUT2D eigenvalue weighted by Crippen LogP contribution is 2.37. The number of nitrogens with one attached hydrogen (secondary N) is 1. The topological polar surface area (TPSA) is 21.3 Å². The molecule has 0 saturated heterocycles. The number of rotatable bonds is 6. The van der Waals surface area contributed by atoms with Crippen molar-refractivity contribution in [1.29, 1.82) is 0 Å². The summed E-state index contributed by atoms with van der Waals surface area (Å²) < 4.78 is 5.77. The van der Waals surface area contributed by atoms with E-state index in [1.54, 1.807) is 0 Å². The van der Waals surface area contributed by atoms with E-state index in [1.165, 1.54) is 31.2 Å². The number of hydrogen-bond donors (Lipinski definition) is 1. The molecule has 0 spiro atoms. The summed E-state index contributed by atoms with van der Waals surface area (Å²) in [5, 5.41) is 3.53. The molecule has 1 unspecified atom stereocenters. The molecule has 1 atom stereocenters. The normalized spacial score (nSPS) is 24.4. The molecule has 0 aliphatic heterocycles. The lowest BCUT2D eigenvalue weighted by molar-refractivity contribution is 0.237. The van der Waals surface area contributed by atoms with Crippen LogP contribution in [0.2, 0.25) is 0 Å². The van der Waals surface area contributed by atoms with Crippen molar-refractivity contribution in [2.45, 2.75) is 52.0 Å². The first-order valence-electron chi connectivity index (χ1n) is 8.14. The van der Waals surface area contributed by atoms with Gasteiger partial charge in [0.15, 0.2) is 0 Å². The van der Waals surface area contributed by atoms with Crippen LogP contribution in [0.5, 0.6) is 5.75 Å². The van der Waals surface area contributed by atoms with Gasteiger partial charge in [0, 0.05) is 6.04 Å². The van der Waals surface area contributed by atoms with Crippen molar-refractivity contribution in [2.24, 2.45) is 11.8 Å². The Hall–Kier alpha value is -1.02. The van der Waals surface area contributed by atoms with Gasteiger partial charge in [-0.1, -0.05) is 38.8 Å². The average Bonchev–Trinajstić information content (AvgIpc) is 2.48. The number of ether oxygens (including phenoxy) is 1. The van der Waals surface area contributed by atoms with E-state index in [4.69, 9.17) is 4.74 Å². The van der Waals surface area contributed by atoms with Crippen molar-refractivity contribution < 1.29 is 4.74 Å². The SMILES string of the molecule is CCCOc1cccc(C(NC)C2CCC(C)CC2)c1. The molecule has 2 heteroatoms. The standard InChI is InChI=1S/C18H29NO/c1-4-12-20-17-7-5-6-16(13-17)18(19-3)15-10-8-14(2)9-11-15/h5-7,13-15,18-19H,4,8-12H2,1-3H3. The molecule has 112 valence electrons. The second kappa shape index (κ2) is 7.68. The lowest BCUT2D eigenvalue weighted by Crippen LogP contribution is -2.28. The van der Waals surface area contributed by atoms with Gasteiger partial charge in [-0.25, -0.2) is 0 Å². The minimum atomic E-state index is 0.465. The second-order valence-corrected chi connectivity index (χ2v) is 6.21. The molecule has 1 aromatic carbocycles.